The number of hydrogen-bond donors (Lipinski definition) is 1. The molecular weight excluding hydrogens is 360 g/mol. The molecule has 3 aliphatic heterocycles. The molecule has 140 valence electrons. The van der Waals surface area contributed by atoms with Crippen molar-refractivity contribution in [3.63, 3.8) is 0 Å². The first kappa shape index (κ1) is 16.9. The van der Waals surface area contributed by atoms with Crippen LogP contribution in [0.5, 0.6) is 11.5 Å². The van der Waals surface area contributed by atoms with E-state index in [1.165, 1.54) is 0 Å². The molecule has 2 saturated heterocycles. The van der Waals surface area contributed by atoms with Crippen molar-refractivity contribution < 1.29 is 18.9 Å². The number of hydrogen-bond acceptors (Lipinski definition) is 8. The largest absolute Gasteiger partial charge is 0.454 e. The van der Waals surface area contributed by atoms with Crippen molar-refractivity contribution in [3.05, 3.63) is 23.8 Å². The fourth-order valence-electron chi connectivity index (χ4n) is 5.24. The van der Waals surface area contributed by atoms with Gasteiger partial charge in [0, 0.05) is 6.42 Å². The number of benzene rings is 1. The zero-order chi connectivity index (χ0) is 19.6. The van der Waals surface area contributed by atoms with Gasteiger partial charge in [-0.05, 0) is 30.5 Å². The number of fused-ring (bicyclic) bond motifs is 1. The lowest BCUT2D eigenvalue weighted by molar-refractivity contribution is -0.294. The van der Waals surface area contributed by atoms with E-state index >= 15 is 0 Å². The second-order valence-corrected chi connectivity index (χ2v) is 7.60. The van der Waals surface area contributed by atoms with Gasteiger partial charge in [0.25, 0.3) is 0 Å². The van der Waals surface area contributed by atoms with E-state index in [0.717, 1.165) is 12.8 Å². The third kappa shape index (κ3) is 1.69. The number of ether oxygens (including phenoxy) is 4. The molecule has 0 unspecified atom stereocenters. The Morgan fingerprint density at radius 2 is 1.82 bits per heavy atom. The molecule has 1 aromatic rings. The van der Waals surface area contributed by atoms with Gasteiger partial charge in [-0.2, -0.15) is 15.8 Å². The fraction of sp³-hybridized carbons (Fsp3) is 0.500. The maximum atomic E-state index is 10.2. The summed E-state index contributed by atoms with van der Waals surface area (Å²) >= 11 is 0. The molecule has 0 aromatic heterocycles. The smallest absolute Gasteiger partial charge is 0.231 e. The predicted octanol–water partition coefficient (Wildman–Crippen LogP) is 2.92. The first-order valence-corrected chi connectivity index (χ1v) is 9.16. The third-order valence-electron chi connectivity index (χ3n) is 6.52. The maximum Gasteiger partial charge on any atom is 0.231 e. The summed E-state index contributed by atoms with van der Waals surface area (Å²) < 4.78 is 23.0. The van der Waals surface area contributed by atoms with Crippen molar-refractivity contribution in [1.29, 1.82) is 21.2 Å². The van der Waals surface area contributed by atoms with Crippen molar-refractivity contribution in [3.8, 4) is 29.7 Å². The van der Waals surface area contributed by atoms with Gasteiger partial charge in [-0.25, -0.2) is 0 Å². The molecule has 1 aliphatic carbocycles. The minimum Gasteiger partial charge on any atom is -0.454 e. The van der Waals surface area contributed by atoms with Crippen molar-refractivity contribution in [2.75, 3.05) is 6.79 Å². The van der Waals surface area contributed by atoms with E-state index in [0.29, 0.717) is 29.9 Å². The highest BCUT2D eigenvalue weighted by Crippen LogP contribution is 2.69. The summed E-state index contributed by atoms with van der Waals surface area (Å²) in [5, 5.41) is 39.1. The van der Waals surface area contributed by atoms with Gasteiger partial charge in [0.05, 0.1) is 24.1 Å². The van der Waals surface area contributed by atoms with E-state index in [2.05, 4.69) is 18.2 Å². The molecule has 3 fully saturated rings. The Labute approximate surface area is 161 Å². The van der Waals surface area contributed by atoms with Crippen LogP contribution >= 0.6 is 0 Å². The van der Waals surface area contributed by atoms with Gasteiger partial charge in [0.1, 0.15) is 6.10 Å². The van der Waals surface area contributed by atoms with Crippen molar-refractivity contribution >= 4 is 5.90 Å². The Hall–Kier alpha value is -3.28. The maximum absolute atomic E-state index is 10.2. The Bertz CT molecular complexity index is 1000. The number of nitriles is 3. The summed E-state index contributed by atoms with van der Waals surface area (Å²) in [4.78, 5) is 0. The molecule has 8 heteroatoms. The Kier molecular flexibility index (Phi) is 3.24. The highest BCUT2D eigenvalue weighted by Gasteiger charge is 2.80. The van der Waals surface area contributed by atoms with E-state index in [9.17, 15) is 15.8 Å². The van der Waals surface area contributed by atoms with Crippen LogP contribution in [0.3, 0.4) is 0 Å². The van der Waals surface area contributed by atoms with Crippen molar-refractivity contribution in [2.24, 2.45) is 16.7 Å². The molecule has 4 aliphatic rings. The molecule has 0 radical (unpaired) electrons. The molecule has 28 heavy (non-hydrogen) atoms. The lowest BCUT2D eigenvalue weighted by Crippen LogP contribution is -2.60. The van der Waals surface area contributed by atoms with Crippen LogP contribution < -0.4 is 9.47 Å². The summed E-state index contributed by atoms with van der Waals surface area (Å²) in [5.74, 6) is -0.981. The topological polar surface area (TPSA) is 132 Å². The van der Waals surface area contributed by atoms with E-state index in [4.69, 9.17) is 24.4 Å². The average Bonchev–Trinajstić information content (AvgIpc) is 3.27. The van der Waals surface area contributed by atoms with Crippen LogP contribution in [0.2, 0.25) is 0 Å². The van der Waals surface area contributed by atoms with Gasteiger partial charge in [0.2, 0.25) is 23.9 Å². The minimum atomic E-state index is -1.92. The van der Waals surface area contributed by atoms with Gasteiger partial charge in [-0.15, -0.1) is 0 Å². The Balaban J connectivity index is 1.75. The molecule has 0 amide bonds. The van der Waals surface area contributed by atoms with Gasteiger partial charge >= 0.3 is 0 Å². The second kappa shape index (κ2) is 5.38. The Morgan fingerprint density at radius 1 is 1.04 bits per heavy atom. The summed E-state index contributed by atoms with van der Waals surface area (Å²) in [6.07, 6.45) is 1.67. The number of nitrogens with zero attached hydrogens (tertiary/aromatic N) is 3. The normalized spacial score (nSPS) is 36.4. The van der Waals surface area contributed by atoms with E-state index < -0.39 is 28.6 Å². The van der Waals surface area contributed by atoms with Crippen LogP contribution in [0.1, 0.15) is 37.4 Å². The highest BCUT2D eigenvalue weighted by molar-refractivity contribution is 5.89. The monoisotopic (exact) mass is 376 g/mol. The predicted molar refractivity (Wildman–Crippen MR) is 91.6 cm³/mol. The minimum absolute atomic E-state index is 0.0911. The summed E-state index contributed by atoms with van der Waals surface area (Å²) in [5.41, 5.74) is -3.08. The molecule has 0 spiro atoms. The van der Waals surface area contributed by atoms with E-state index in [1.807, 2.05) is 0 Å². The lowest BCUT2D eigenvalue weighted by Gasteiger charge is -2.51. The van der Waals surface area contributed by atoms with Gasteiger partial charge in [-0.3, -0.25) is 5.41 Å². The van der Waals surface area contributed by atoms with E-state index in [1.54, 1.807) is 18.2 Å². The molecule has 2 bridgehead atoms. The second-order valence-electron chi connectivity index (χ2n) is 7.60. The van der Waals surface area contributed by atoms with Crippen LogP contribution in [0.4, 0.5) is 0 Å². The quantitative estimate of drug-likeness (QED) is 0.796. The molecule has 1 aromatic carbocycles. The van der Waals surface area contributed by atoms with Gasteiger partial charge in [0.15, 0.2) is 16.9 Å². The van der Waals surface area contributed by atoms with Crippen molar-refractivity contribution in [1.82, 2.24) is 0 Å². The van der Waals surface area contributed by atoms with Crippen LogP contribution in [0.15, 0.2) is 18.2 Å². The third-order valence-corrected chi connectivity index (χ3v) is 6.52. The van der Waals surface area contributed by atoms with Crippen molar-refractivity contribution in [2.45, 2.75) is 37.6 Å². The van der Waals surface area contributed by atoms with Crippen LogP contribution in [-0.2, 0) is 9.47 Å². The summed E-state index contributed by atoms with van der Waals surface area (Å²) in [6, 6.07) is 11.4. The summed E-state index contributed by atoms with van der Waals surface area (Å²) in [6.45, 7) is 0.0911. The highest BCUT2D eigenvalue weighted by atomic mass is 16.7. The molecule has 3 heterocycles. The zero-order valence-electron chi connectivity index (χ0n) is 14.9. The standard InChI is InChI=1S/C20H16N4O4/c21-8-18(9-22)16(12-4-5-13-14(7-12)26-11-25-13)27-20-6-2-1-3-15(20)19(18,10-23)17(24)28-20/h4-5,7,15-16,24H,1-3,6,11H2/t15-,16+,19-,20+/m0/s1. The molecule has 4 atom stereocenters. The molecular formula is C20H16N4O4. The van der Waals surface area contributed by atoms with E-state index in [-0.39, 0.29) is 12.7 Å². The number of nitrogens with one attached hydrogen (secondary N) is 1. The number of rotatable bonds is 1. The van der Waals surface area contributed by atoms with Crippen LogP contribution in [-0.4, -0.2) is 18.5 Å². The first-order valence-electron chi connectivity index (χ1n) is 9.16. The van der Waals surface area contributed by atoms with Gasteiger partial charge in [-0.1, -0.05) is 12.5 Å². The summed E-state index contributed by atoms with van der Waals surface area (Å²) in [7, 11) is 0. The molecule has 8 nitrogen and oxygen atoms in total. The molecule has 5 rings (SSSR count). The van der Waals surface area contributed by atoms with Crippen LogP contribution in [0.25, 0.3) is 0 Å². The Morgan fingerprint density at radius 3 is 2.57 bits per heavy atom. The average molecular weight is 376 g/mol. The fourth-order valence-corrected chi connectivity index (χ4v) is 5.24. The zero-order valence-corrected chi connectivity index (χ0v) is 14.9. The first-order chi connectivity index (χ1) is 13.6. The van der Waals surface area contributed by atoms with Crippen LogP contribution in [0, 0.1) is 56.2 Å². The SMILES string of the molecule is N#CC1(C#N)[C@@H](c2ccc3c(c2)OCO3)O[C@@]23CCCC[C@H]2[C@@]1(C#N)C(=N)O3. The molecule has 1 saturated carbocycles. The lowest BCUT2D eigenvalue weighted by atomic mass is 9.51. The molecule has 1 N–H and O–H groups in total. The van der Waals surface area contributed by atoms with Gasteiger partial charge < -0.3 is 18.9 Å².